The van der Waals surface area contributed by atoms with Gasteiger partial charge in [-0.15, -0.1) is 0 Å². The van der Waals surface area contributed by atoms with Gasteiger partial charge in [0.15, 0.2) is 11.4 Å². The molecule has 174 valence electrons. The average molecular weight is 460 g/mol. The molecule has 0 saturated heterocycles. The lowest BCUT2D eigenvalue weighted by atomic mass is 10.1. The maximum atomic E-state index is 13.1. The van der Waals surface area contributed by atoms with Crippen LogP contribution in [0.25, 0.3) is 0 Å². The summed E-state index contributed by atoms with van der Waals surface area (Å²) in [6, 6.07) is 9.20. The van der Waals surface area contributed by atoms with E-state index >= 15 is 0 Å². The number of anilines is 2. The smallest absolute Gasteiger partial charge is 0.326 e. The lowest BCUT2D eigenvalue weighted by Crippen LogP contribution is -2.25. The Kier molecular flexibility index (Phi) is 5.96. The average Bonchev–Trinajstić information content (AvgIpc) is 3.35. The van der Waals surface area contributed by atoms with Crippen molar-refractivity contribution in [1.82, 2.24) is 19.6 Å². The van der Waals surface area contributed by atoms with Crippen molar-refractivity contribution in [1.29, 1.82) is 0 Å². The van der Waals surface area contributed by atoms with E-state index in [1.807, 2.05) is 0 Å². The van der Waals surface area contributed by atoms with Gasteiger partial charge in [0.2, 0.25) is 5.91 Å². The van der Waals surface area contributed by atoms with Gasteiger partial charge in [-0.2, -0.15) is 23.4 Å². The number of carbonyl (C=O) groups is 2. The molecule has 0 radical (unpaired) electrons. The molecule has 0 bridgehead atoms. The monoisotopic (exact) mass is 460 g/mol. The minimum absolute atomic E-state index is 0.0476. The maximum Gasteiger partial charge on any atom is 0.435 e. The summed E-state index contributed by atoms with van der Waals surface area (Å²) in [4.78, 5) is 24.8. The Morgan fingerprint density at radius 1 is 1.09 bits per heavy atom. The third kappa shape index (κ3) is 5.41. The lowest BCUT2D eigenvalue weighted by molar-refractivity contribution is -0.141. The van der Waals surface area contributed by atoms with Crippen LogP contribution in [0, 0.1) is 5.92 Å². The number of nitrogens with one attached hydrogen (secondary N) is 2. The van der Waals surface area contributed by atoms with E-state index < -0.39 is 17.8 Å². The number of carbonyl (C=O) groups excluding carboxylic acids is 2. The van der Waals surface area contributed by atoms with Gasteiger partial charge in [0.25, 0.3) is 5.91 Å². The van der Waals surface area contributed by atoms with E-state index in [0.717, 1.165) is 18.9 Å². The van der Waals surface area contributed by atoms with E-state index in [9.17, 15) is 22.8 Å². The zero-order valence-corrected chi connectivity index (χ0v) is 18.1. The number of nitrogens with zero attached hydrogens (tertiary/aromatic N) is 4. The van der Waals surface area contributed by atoms with Crippen LogP contribution in [-0.4, -0.2) is 31.4 Å². The SMILES string of the molecule is CC(Cn1nc(C(F)(F)F)cc1C1CC1)C(=O)Nc1ccc(NC(=O)c2ccn(C)n2)cc1. The Hall–Kier alpha value is -3.63. The van der Waals surface area contributed by atoms with Crippen LogP contribution < -0.4 is 10.6 Å². The fourth-order valence-electron chi connectivity index (χ4n) is 3.40. The zero-order chi connectivity index (χ0) is 23.8. The number of halogens is 3. The van der Waals surface area contributed by atoms with E-state index in [1.165, 1.54) is 9.36 Å². The molecule has 0 aliphatic heterocycles. The molecule has 2 aromatic heterocycles. The molecule has 2 N–H and O–H groups in total. The van der Waals surface area contributed by atoms with Crippen LogP contribution in [0.4, 0.5) is 24.5 Å². The quantitative estimate of drug-likeness (QED) is 0.557. The van der Waals surface area contributed by atoms with Gasteiger partial charge in [0.1, 0.15) is 0 Å². The van der Waals surface area contributed by atoms with Crippen LogP contribution in [0.1, 0.15) is 47.6 Å². The van der Waals surface area contributed by atoms with Gasteiger partial charge in [-0.3, -0.25) is 19.0 Å². The van der Waals surface area contributed by atoms with Gasteiger partial charge < -0.3 is 10.6 Å². The van der Waals surface area contributed by atoms with Crippen molar-refractivity contribution in [3.05, 3.63) is 59.7 Å². The number of rotatable bonds is 7. The minimum Gasteiger partial charge on any atom is -0.326 e. The second-order valence-corrected chi connectivity index (χ2v) is 8.21. The molecule has 1 saturated carbocycles. The van der Waals surface area contributed by atoms with Crippen LogP contribution in [0.15, 0.2) is 42.6 Å². The Morgan fingerprint density at radius 2 is 1.73 bits per heavy atom. The second kappa shape index (κ2) is 8.72. The molecule has 33 heavy (non-hydrogen) atoms. The van der Waals surface area contributed by atoms with Gasteiger partial charge in [0, 0.05) is 36.2 Å². The minimum atomic E-state index is -4.52. The molecular weight excluding hydrogens is 437 g/mol. The number of hydrogen-bond donors (Lipinski definition) is 2. The first-order valence-corrected chi connectivity index (χ1v) is 10.5. The molecule has 4 rings (SSSR count). The van der Waals surface area contributed by atoms with E-state index in [1.54, 1.807) is 50.5 Å². The third-order valence-electron chi connectivity index (χ3n) is 5.35. The molecule has 0 spiro atoms. The molecule has 1 atom stereocenters. The molecule has 1 aliphatic carbocycles. The summed E-state index contributed by atoms with van der Waals surface area (Å²) in [5.41, 5.74) is 0.903. The molecule has 2 amide bonds. The largest absolute Gasteiger partial charge is 0.435 e. The van der Waals surface area contributed by atoms with Gasteiger partial charge in [-0.1, -0.05) is 6.92 Å². The molecule has 1 aliphatic rings. The van der Waals surface area contributed by atoms with Gasteiger partial charge in [-0.25, -0.2) is 0 Å². The van der Waals surface area contributed by atoms with E-state index in [0.29, 0.717) is 17.1 Å². The summed E-state index contributed by atoms with van der Waals surface area (Å²) in [6.07, 6.45) is -1.21. The van der Waals surface area contributed by atoms with Crippen LogP contribution in [-0.2, 0) is 24.6 Å². The highest BCUT2D eigenvalue weighted by Gasteiger charge is 2.38. The van der Waals surface area contributed by atoms with Crippen molar-refractivity contribution in [2.45, 2.75) is 38.4 Å². The van der Waals surface area contributed by atoms with Crippen LogP contribution >= 0.6 is 0 Å². The van der Waals surface area contributed by atoms with Crippen molar-refractivity contribution in [2.24, 2.45) is 13.0 Å². The van der Waals surface area contributed by atoms with Crippen molar-refractivity contribution in [3.8, 4) is 0 Å². The Labute approximate surface area is 187 Å². The fraction of sp³-hybridized carbons (Fsp3) is 0.364. The molecule has 1 aromatic carbocycles. The number of aromatic nitrogens is 4. The van der Waals surface area contributed by atoms with E-state index in [2.05, 4.69) is 20.8 Å². The topological polar surface area (TPSA) is 93.8 Å². The van der Waals surface area contributed by atoms with Crippen LogP contribution in [0.3, 0.4) is 0 Å². The molecular formula is C22H23F3N6O2. The number of amides is 2. The van der Waals surface area contributed by atoms with Crippen LogP contribution in [0.2, 0.25) is 0 Å². The van der Waals surface area contributed by atoms with E-state index in [-0.39, 0.29) is 30.0 Å². The van der Waals surface area contributed by atoms with Crippen molar-refractivity contribution >= 4 is 23.2 Å². The predicted octanol–water partition coefficient (Wildman–Crippen LogP) is 4.04. The van der Waals surface area contributed by atoms with Crippen molar-refractivity contribution in [3.63, 3.8) is 0 Å². The highest BCUT2D eigenvalue weighted by molar-refractivity contribution is 6.03. The summed E-state index contributed by atoms with van der Waals surface area (Å²) >= 11 is 0. The first-order valence-electron chi connectivity index (χ1n) is 10.5. The standard InChI is InChI=1S/C22H23F3N6O2/c1-13(12-31-18(14-3-4-14)11-19(29-31)22(23,24)25)20(32)26-15-5-7-16(8-6-15)27-21(33)17-9-10-30(2)28-17/h5-11,13-14H,3-4,12H2,1-2H3,(H,26,32)(H,27,33). The number of aryl methyl sites for hydroxylation is 1. The summed E-state index contributed by atoms with van der Waals surface area (Å²) in [6.45, 7) is 1.69. The van der Waals surface area contributed by atoms with Crippen molar-refractivity contribution in [2.75, 3.05) is 10.6 Å². The zero-order valence-electron chi connectivity index (χ0n) is 18.1. The highest BCUT2D eigenvalue weighted by Crippen LogP contribution is 2.42. The van der Waals surface area contributed by atoms with Gasteiger partial charge >= 0.3 is 6.18 Å². The number of benzene rings is 1. The summed E-state index contributed by atoms with van der Waals surface area (Å²) in [7, 11) is 1.71. The second-order valence-electron chi connectivity index (χ2n) is 8.21. The Bertz CT molecular complexity index is 1160. The fourth-order valence-corrected chi connectivity index (χ4v) is 3.40. The Morgan fingerprint density at radius 3 is 2.27 bits per heavy atom. The first kappa shape index (κ1) is 22.6. The lowest BCUT2D eigenvalue weighted by Gasteiger charge is -2.14. The molecule has 1 fully saturated rings. The molecule has 8 nitrogen and oxygen atoms in total. The summed E-state index contributed by atoms with van der Waals surface area (Å²) in [5.74, 6) is -1.24. The number of hydrogen-bond acceptors (Lipinski definition) is 4. The summed E-state index contributed by atoms with van der Waals surface area (Å²) in [5, 5.41) is 13.2. The van der Waals surface area contributed by atoms with Crippen LogP contribution in [0.5, 0.6) is 0 Å². The first-order chi connectivity index (χ1) is 15.6. The van der Waals surface area contributed by atoms with E-state index in [4.69, 9.17) is 0 Å². The molecule has 3 aromatic rings. The normalized spacial score (nSPS) is 14.7. The van der Waals surface area contributed by atoms with Gasteiger partial charge in [-0.05, 0) is 49.2 Å². The Balaban J connectivity index is 1.36. The predicted molar refractivity (Wildman–Crippen MR) is 115 cm³/mol. The van der Waals surface area contributed by atoms with Crippen molar-refractivity contribution < 1.29 is 22.8 Å². The number of alkyl halides is 3. The summed E-state index contributed by atoms with van der Waals surface area (Å²) < 4.78 is 42.0. The molecule has 2 heterocycles. The van der Waals surface area contributed by atoms with Gasteiger partial charge in [0.05, 0.1) is 12.5 Å². The maximum absolute atomic E-state index is 13.1. The highest BCUT2D eigenvalue weighted by atomic mass is 19.4. The molecule has 11 heteroatoms. The molecule has 1 unspecified atom stereocenters. The third-order valence-corrected chi connectivity index (χ3v) is 5.35.